The molecule has 0 fully saturated rings. The van der Waals surface area contributed by atoms with Crippen molar-refractivity contribution in [2.75, 3.05) is 5.32 Å². The molecule has 0 amide bonds. The molecule has 1 aliphatic carbocycles. The average molecular weight is 508 g/mol. The standard InChI is InChI=1S/C34H41N3O/c1-9-20(3)16-22(5)26-17-24(7)31(25(8)18-26)29-12-11-13-30-32(29)36-34(37-33(30)38)35-27-14-15-28(21(4)10-2)23(6)19-27/h11-19,22-23H,9-10H2,1-8H3,(H2,35,36,37,38)/b20-16+,28-21+. The molecule has 1 aliphatic rings. The molecular weight excluding hydrogens is 466 g/mol. The molecule has 0 saturated heterocycles. The van der Waals surface area contributed by atoms with E-state index in [0.29, 0.717) is 28.7 Å². The predicted molar refractivity (Wildman–Crippen MR) is 163 cm³/mol. The molecule has 1 aromatic heterocycles. The number of anilines is 1. The maximum absolute atomic E-state index is 13.1. The quantitative estimate of drug-likeness (QED) is 0.314. The second kappa shape index (κ2) is 11.4. The van der Waals surface area contributed by atoms with Crippen molar-refractivity contribution in [2.45, 2.75) is 74.1 Å². The molecule has 0 bridgehead atoms. The molecule has 3 aromatic rings. The van der Waals surface area contributed by atoms with Gasteiger partial charge in [-0.05, 0) is 86.4 Å². The molecule has 0 radical (unpaired) electrons. The van der Waals surface area contributed by atoms with Gasteiger partial charge >= 0.3 is 0 Å². The van der Waals surface area contributed by atoms with Crippen LogP contribution in [0.3, 0.4) is 0 Å². The van der Waals surface area contributed by atoms with Gasteiger partial charge in [0.15, 0.2) is 0 Å². The van der Waals surface area contributed by atoms with Gasteiger partial charge in [0.05, 0.1) is 10.9 Å². The van der Waals surface area contributed by atoms with Crippen LogP contribution in [-0.2, 0) is 0 Å². The molecule has 2 N–H and O–H groups in total. The summed E-state index contributed by atoms with van der Waals surface area (Å²) in [7, 11) is 0. The number of H-pyrrole nitrogens is 1. The van der Waals surface area contributed by atoms with Crippen LogP contribution in [0.5, 0.6) is 0 Å². The molecule has 0 saturated carbocycles. The van der Waals surface area contributed by atoms with Crippen LogP contribution in [0.2, 0.25) is 0 Å². The zero-order valence-corrected chi connectivity index (χ0v) is 24.1. The van der Waals surface area contributed by atoms with E-state index in [4.69, 9.17) is 4.98 Å². The van der Waals surface area contributed by atoms with Crippen molar-refractivity contribution in [3.63, 3.8) is 0 Å². The summed E-state index contributed by atoms with van der Waals surface area (Å²) in [6, 6.07) is 10.4. The summed E-state index contributed by atoms with van der Waals surface area (Å²) in [5, 5.41) is 3.95. The Hall–Kier alpha value is -3.66. The van der Waals surface area contributed by atoms with Crippen LogP contribution < -0.4 is 10.9 Å². The summed E-state index contributed by atoms with van der Waals surface area (Å²) in [6.07, 6.45) is 10.9. The first-order valence-electron chi connectivity index (χ1n) is 13.8. The Bertz CT molecular complexity index is 1520. The normalized spacial score (nSPS) is 17.9. The molecule has 0 aliphatic heterocycles. The summed E-state index contributed by atoms with van der Waals surface area (Å²) < 4.78 is 0. The van der Waals surface area contributed by atoms with Gasteiger partial charge in [0, 0.05) is 17.2 Å². The number of aromatic amines is 1. The summed E-state index contributed by atoms with van der Waals surface area (Å²) in [4.78, 5) is 21.0. The Morgan fingerprint density at radius 1 is 1.11 bits per heavy atom. The summed E-state index contributed by atoms with van der Waals surface area (Å²) in [6.45, 7) is 17.5. The largest absolute Gasteiger partial charge is 0.326 e. The van der Waals surface area contributed by atoms with Crippen molar-refractivity contribution in [2.24, 2.45) is 5.92 Å². The SMILES string of the molecule is CC/C(C)=C1\C=CC(Nc2nc3c(-c4c(C)cc(C(C)/C=C(\C)CC)cc4C)cccc3c(=O)[nH]2)=CC1C. The lowest BCUT2D eigenvalue weighted by Gasteiger charge is -2.20. The Kier molecular flexibility index (Phi) is 8.20. The molecule has 4 heteroatoms. The second-order valence-corrected chi connectivity index (χ2v) is 10.8. The van der Waals surface area contributed by atoms with Crippen LogP contribution in [0, 0.1) is 19.8 Å². The Balaban J connectivity index is 1.76. The summed E-state index contributed by atoms with van der Waals surface area (Å²) in [5.41, 5.74) is 11.5. The van der Waals surface area contributed by atoms with Crippen molar-refractivity contribution in [1.29, 1.82) is 0 Å². The number of nitrogens with zero attached hydrogens (tertiary/aromatic N) is 1. The van der Waals surface area contributed by atoms with Gasteiger partial charge in [0.25, 0.3) is 5.56 Å². The van der Waals surface area contributed by atoms with E-state index in [1.807, 2.05) is 12.1 Å². The number of para-hydroxylation sites is 1. The predicted octanol–water partition coefficient (Wildman–Crippen LogP) is 8.89. The number of hydrogen-bond acceptors (Lipinski definition) is 3. The van der Waals surface area contributed by atoms with E-state index in [0.717, 1.165) is 29.7 Å². The van der Waals surface area contributed by atoms with Crippen LogP contribution in [0.15, 0.2) is 81.8 Å². The second-order valence-electron chi connectivity index (χ2n) is 10.8. The van der Waals surface area contributed by atoms with Crippen molar-refractivity contribution < 1.29 is 0 Å². The highest BCUT2D eigenvalue weighted by Crippen LogP contribution is 2.35. The van der Waals surface area contributed by atoms with Gasteiger partial charge in [0.1, 0.15) is 0 Å². The van der Waals surface area contributed by atoms with E-state index in [1.54, 1.807) is 0 Å². The third-order valence-corrected chi connectivity index (χ3v) is 7.83. The van der Waals surface area contributed by atoms with Gasteiger partial charge in [-0.3, -0.25) is 9.78 Å². The minimum Gasteiger partial charge on any atom is -0.326 e. The number of aromatic nitrogens is 2. The fourth-order valence-electron chi connectivity index (χ4n) is 5.45. The first-order chi connectivity index (χ1) is 18.1. The van der Waals surface area contributed by atoms with E-state index in [9.17, 15) is 4.79 Å². The van der Waals surface area contributed by atoms with Crippen molar-refractivity contribution in [3.05, 3.63) is 104 Å². The number of rotatable bonds is 7. The lowest BCUT2D eigenvalue weighted by molar-refractivity contribution is 0.841. The highest BCUT2D eigenvalue weighted by atomic mass is 16.1. The maximum atomic E-state index is 13.1. The Morgan fingerprint density at radius 2 is 1.82 bits per heavy atom. The van der Waals surface area contributed by atoms with Crippen LogP contribution in [-0.4, -0.2) is 9.97 Å². The van der Waals surface area contributed by atoms with Crippen LogP contribution in [0.4, 0.5) is 5.95 Å². The van der Waals surface area contributed by atoms with E-state index >= 15 is 0 Å². The number of nitrogens with one attached hydrogen (secondary N) is 2. The van der Waals surface area contributed by atoms with Gasteiger partial charge < -0.3 is 5.32 Å². The zero-order chi connectivity index (χ0) is 27.6. The topological polar surface area (TPSA) is 57.8 Å². The molecule has 2 atom stereocenters. The zero-order valence-electron chi connectivity index (χ0n) is 24.1. The Labute approximate surface area is 227 Å². The van der Waals surface area contributed by atoms with Crippen LogP contribution in [0.1, 0.15) is 77.0 Å². The number of hydrogen-bond donors (Lipinski definition) is 2. The first kappa shape index (κ1) is 27.4. The fraction of sp³-hybridized carbons (Fsp3) is 0.353. The van der Waals surface area contributed by atoms with E-state index in [-0.39, 0.29) is 5.56 Å². The smallest absolute Gasteiger partial charge is 0.260 e. The number of allylic oxidation sites excluding steroid dienone is 7. The molecule has 38 heavy (non-hydrogen) atoms. The maximum Gasteiger partial charge on any atom is 0.260 e. The molecular formula is C34H41N3O. The van der Waals surface area contributed by atoms with Crippen molar-refractivity contribution in [3.8, 4) is 11.1 Å². The highest BCUT2D eigenvalue weighted by molar-refractivity contribution is 5.95. The van der Waals surface area contributed by atoms with Gasteiger partial charge in [-0.15, -0.1) is 0 Å². The van der Waals surface area contributed by atoms with Gasteiger partial charge in [-0.2, -0.15) is 0 Å². The molecule has 4 nitrogen and oxygen atoms in total. The van der Waals surface area contributed by atoms with Gasteiger partial charge in [-0.25, -0.2) is 4.98 Å². The third kappa shape index (κ3) is 5.60. The third-order valence-electron chi connectivity index (χ3n) is 7.83. The molecule has 4 rings (SSSR count). The molecule has 2 unspecified atom stereocenters. The van der Waals surface area contributed by atoms with Crippen molar-refractivity contribution >= 4 is 16.9 Å². The molecule has 2 aromatic carbocycles. The molecule has 198 valence electrons. The van der Waals surface area contributed by atoms with Crippen LogP contribution >= 0.6 is 0 Å². The van der Waals surface area contributed by atoms with E-state index in [1.165, 1.54) is 33.4 Å². The summed E-state index contributed by atoms with van der Waals surface area (Å²) in [5.74, 6) is 1.10. The van der Waals surface area contributed by atoms with E-state index < -0.39 is 0 Å². The molecule has 0 spiro atoms. The minimum atomic E-state index is -0.143. The monoisotopic (exact) mass is 507 g/mol. The number of aryl methyl sites for hydroxylation is 2. The summed E-state index contributed by atoms with van der Waals surface area (Å²) >= 11 is 0. The van der Waals surface area contributed by atoms with Gasteiger partial charge in [0.2, 0.25) is 5.95 Å². The number of fused-ring (bicyclic) bond motifs is 1. The lowest BCUT2D eigenvalue weighted by atomic mass is 9.88. The number of benzene rings is 2. The average Bonchev–Trinajstić information content (AvgIpc) is 2.88. The minimum absolute atomic E-state index is 0.143. The molecule has 1 heterocycles. The van der Waals surface area contributed by atoms with Gasteiger partial charge in [-0.1, -0.05) is 81.3 Å². The fourth-order valence-corrected chi connectivity index (χ4v) is 5.45. The Morgan fingerprint density at radius 3 is 2.45 bits per heavy atom. The van der Waals surface area contributed by atoms with Crippen molar-refractivity contribution in [1.82, 2.24) is 9.97 Å². The van der Waals surface area contributed by atoms with E-state index in [2.05, 4.69) is 108 Å². The first-order valence-corrected chi connectivity index (χ1v) is 13.8. The highest BCUT2D eigenvalue weighted by Gasteiger charge is 2.17. The lowest BCUT2D eigenvalue weighted by Crippen LogP contribution is -2.15. The van der Waals surface area contributed by atoms with Crippen LogP contribution in [0.25, 0.3) is 22.0 Å².